The summed E-state index contributed by atoms with van der Waals surface area (Å²) in [6.45, 7) is 6.77. The molecule has 2 aromatic heterocycles. The van der Waals surface area contributed by atoms with E-state index in [0.29, 0.717) is 23.9 Å². The van der Waals surface area contributed by atoms with Gasteiger partial charge in [-0.25, -0.2) is 15.0 Å². The molecule has 0 radical (unpaired) electrons. The Labute approximate surface area is 173 Å². The Hall–Kier alpha value is -3.04. The summed E-state index contributed by atoms with van der Waals surface area (Å²) < 4.78 is 5.41. The largest absolute Gasteiger partial charge is 0.378 e. The van der Waals surface area contributed by atoms with Crippen LogP contribution in [0.25, 0.3) is 0 Å². The quantitative estimate of drug-likeness (QED) is 0.666. The van der Waals surface area contributed by atoms with Crippen molar-refractivity contribution < 1.29 is 9.53 Å². The molecule has 0 saturated carbocycles. The van der Waals surface area contributed by atoms with Crippen molar-refractivity contribution in [2.24, 2.45) is 0 Å². The smallest absolute Gasteiger partial charge is 0.267 e. The summed E-state index contributed by atoms with van der Waals surface area (Å²) in [5, 5.41) is 6.21. The Balaban J connectivity index is 1.44. The van der Waals surface area contributed by atoms with Gasteiger partial charge in [0, 0.05) is 30.5 Å². The van der Waals surface area contributed by atoms with Crippen molar-refractivity contribution in [2.75, 3.05) is 41.8 Å². The standard InChI is InChI=1S/C20H22N6O2S/c1-13-19(29-12-21-13)20(27)25-16-5-3-15(4-6-16)24-17-11-18(23-14(2)22-17)26-7-9-28-10-8-26/h3-6,11-12H,7-10H2,1-2H3,(H,25,27)(H,22,23,24). The monoisotopic (exact) mass is 410 g/mol. The number of aryl methyl sites for hydroxylation is 2. The maximum absolute atomic E-state index is 12.3. The van der Waals surface area contributed by atoms with Gasteiger partial charge in [0.05, 0.1) is 24.4 Å². The number of amides is 1. The molecule has 1 fully saturated rings. The summed E-state index contributed by atoms with van der Waals surface area (Å²) in [6.07, 6.45) is 0. The van der Waals surface area contributed by atoms with Crippen LogP contribution in [0.3, 0.4) is 0 Å². The molecule has 3 aromatic rings. The first-order valence-electron chi connectivity index (χ1n) is 9.35. The molecule has 4 rings (SSSR count). The SMILES string of the molecule is Cc1nc(Nc2ccc(NC(=O)c3scnc3C)cc2)cc(N2CCOCC2)n1. The molecule has 2 N–H and O–H groups in total. The molecule has 0 bridgehead atoms. The van der Waals surface area contributed by atoms with Gasteiger partial charge in [-0.3, -0.25) is 4.79 Å². The van der Waals surface area contributed by atoms with Gasteiger partial charge in [0.15, 0.2) is 0 Å². The fourth-order valence-electron chi connectivity index (χ4n) is 3.06. The van der Waals surface area contributed by atoms with E-state index in [1.807, 2.05) is 44.2 Å². The number of aromatic nitrogens is 3. The lowest BCUT2D eigenvalue weighted by atomic mass is 10.2. The number of carbonyl (C=O) groups excluding carboxylic acids is 1. The van der Waals surface area contributed by atoms with Gasteiger partial charge in [-0.2, -0.15) is 0 Å². The third kappa shape index (κ3) is 4.69. The Bertz CT molecular complexity index is 998. The average Bonchev–Trinajstić information content (AvgIpc) is 3.16. The van der Waals surface area contributed by atoms with Crippen LogP contribution >= 0.6 is 11.3 Å². The second kappa shape index (κ2) is 8.54. The minimum absolute atomic E-state index is 0.146. The van der Waals surface area contributed by atoms with Crippen LogP contribution in [-0.4, -0.2) is 47.2 Å². The second-order valence-electron chi connectivity index (χ2n) is 6.68. The molecule has 0 spiro atoms. The van der Waals surface area contributed by atoms with Gasteiger partial charge in [-0.15, -0.1) is 11.3 Å². The molecule has 0 aliphatic carbocycles. The van der Waals surface area contributed by atoms with Gasteiger partial charge in [-0.05, 0) is 38.1 Å². The van der Waals surface area contributed by atoms with Crippen LogP contribution in [0.5, 0.6) is 0 Å². The third-order valence-corrected chi connectivity index (χ3v) is 5.45. The van der Waals surface area contributed by atoms with E-state index >= 15 is 0 Å². The molecule has 1 aliphatic rings. The molecule has 9 heteroatoms. The van der Waals surface area contributed by atoms with Crippen LogP contribution in [0, 0.1) is 13.8 Å². The van der Waals surface area contributed by atoms with Crippen molar-refractivity contribution in [1.82, 2.24) is 15.0 Å². The zero-order chi connectivity index (χ0) is 20.2. The first-order valence-corrected chi connectivity index (χ1v) is 10.2. The fourth-order valence-corrected chi connectivity index (χ4v) is 3.76. The molecule has 29 heavy (non-hydrogen) atoms. The van der Waals surface area contributed by atoms with Gasteiger partial charge in [0.25, 0.3) is 5.91 Å². The highest BCUT2D eigenvalue weighted by atomic mass is 32.1. The summed E-state index contributed by atoms with van der Waals surface area (Å²) in [6, 6.07) is 9.46. The van der Waals surface area contributed by atoms with Crippen LogP contribution in [0.15, 0.2) is 35.8 Å². The number of hydrogen-bond donors (Lipinski definition) is 2. The molecule has 150 valence electrons. The highest BCUT2D eigenvalue weighted by Crippen LogP contribution is 2.22. The van der Waals surface area contributed by atoms with Gasteiger partial charge < -0.3 is 20.3 Å². The number of ether oxygens (including phenoxy) is 1. The van der Waals surface area contributed by atoms with E-state index in [4.69, 9.17) is 4.74 Å². The van der Waals surface area contributed by atoms with Crippen LogP contribution in [0.1, 0.15) is 21.2 Å². The minimum atomic E-state index is -0.146. The lowest BCUT2D eigenvalue weighted by molar-refractivity contribution is 0.103. The number of hydrogen-bond acceptors (Lipinski definition) is 8. The van der Waals surface area contributed by atoms with E-state index in [9.17, 15) is 4.79 Å². The zero-order valence-corrected chi connectivity index (χ0v) is 17.1. The van der Waals surface area contributed by atoms with E-state index in [1.165, 1.54) is 11.3 Å². The molecule has 1 amide bonds. The van der Waals surface area contributed by atoms with Crippen molar-refractivity contribution in [2.45, 2.75) is 13.8 Å². The van der Waals surface area contributed by atoms with Crippen LogP contribution in [0.4, 0.5) is 23.0 Å². The molecular formula is C20H22N6O2S. The fraction of sp³-hybridized carbons (Fsp3) is 0.300. The van der Waals surface area contributed by atoms with Crippen molar-refractivity contribution in [3.8, 4) is 0 Å². The first kappa shape index (κ1) is 19.3. The van der Waals surface area contributed by atoms with E-state index in [-0.39, 0.29) is 5.91 Å². The van der Waals surface area contributed by atoms with E-state index < -0.39 is 0 Å². The van der Waals surface area contributed by atoms with Crippen LogP contribution in [0.2, 0.25) is 0 Å². The lowest BCUT2D eigenvalue weighted by Crippen LogP contribution is -2.36. The third-order valence-electron chi connectivity index (χ3n) is 4.53. The second-order valence-corrected chi connectivity index (χ2v) is 7.54. The molecule has 1 aromatic carbocycles. The molecular weight excluding hydrogens is 388 g/mol. The summed E-state index contributed by atoms with van der Waals surface area (Å²) >= 11 is 1.33. The molecule has 3 heterocycles. The van der Waals surface area contributed by atoms with Gasteiger partial charge in [-0.1, -0.05) is 0 Å². The zero-order valence-electron chi connectivity index (χ0n) is 16.3. The summed E-state index contributed by atoms with van der Waals surface area (Å²) in [4.78, 5) is 28.3. The topological polar surface area (TPSA) is 92.3 Å². The highest BCUT2D eigenvalue weighted by Gasteiger charge is 2.15. The first-order chi connectivity index (χ1) is 14.1. The number of thiazole rings is 1. The normalized spacial score (nSPS) is 13.9. The molecule has 0 unspecified atom stereocenters. The Morgan fingerprint density at radius 3 is 2.52 bits per heavy atom. The summed E-state index contributed by atoms with van der Waals surface area (Å²) in [7, 11) is 0. The van der Waals surface area contributed by atoms with Gasteiger partial charge in [0.1, 0.15) is 22.3 Å². The van der Waals surface area contributed by atoms with Crippen molar-refractivity contribution in [3.63, 3.8) is 0 Å². The number of morpholine rings is 1. The Kier molecular flexibility index (Phi) is 5.68. The van der Waals surface area contributed by atoms with E-state index in [0.717, 1.165) is 41.8 Å². The predicted molar refractivity (Wildman–Crippen MR) is 114 cm³/mol. The highest BCUT2D eigenvalue weighted by molar-refractivity contribution is 7.12. The van der Waals surface area contributed by atoms with Crippen molar-refractivity contribution >= 4 is 40.3 Å². The summed E-state index contributed by atoms with van der Waals surface area (Å²) in [5.41, 5.74) is 4.01. The number of carbonyl (C=O) groups is 1. The average molecular weight is 411 g/mol. The lowest BCUT2D eigenvalue weighted by Gasteiger charge is -2.28. The Morgan fingerprint density at radius 2 is 1.83 bits per heavy atom. The summed E-state index contributed by atoms with van der Waals surface area (Å²) in [5.74, 6) is 2.19. The number of benzene rings is 1. The molecule has 0 atom stereocenters. The maximum atomic E-state index is 12.3. The van der Waals surface area contributed by atoms with Gasteiger partial charge in [0.2, 0.25) is 0 Å². The van der Waals surface area contributed by atoms with Crippen LogP contribution in [-0.2, 0) is 4.74 Å². The molecule has 8 nitrogen and oxygen atoms in total. The van der Waals surface area contributed by atoms with Crippen molar-refractivity contribution in [1.29, 1.82) is 0 Å². The van der Waals surface area contributed by atoms with Gasteiger partial charge >= 0.3 is 0 Å². The maximum Gasteiger partial charge on any atom is 0.267 e. The van der Waals surface area contributed by atoms with Crippen molar-refractivity contribution in [3.05, 3.63) is 52.2 Å². The number of nitrogens with one attached hydrogen (secondary N) is 2. The number of nitrogens with zero attached hydrogens (tertiary/aromatic N) is 4. The number of anilines is 4. The Morgan fingerprint density at radius 1 is 1.10 bits per heavy atom. The minimum Gasteiger partial charge on any atom is -0.378 e. The predicted octanol–water partition coefficient (Wildman–Crippen LogP) is 3.38. The molecule has 1 aliphatic heterocycles. The molecule has 1 saturated heterocycles. The number of rotatable bonds is 5. The van der Waals surface area contributed by atoms with E-state index in [1.54, 1.807) is 5.51 Å². The van der Waals surface area contributed by atoms with Crippen LogP contribution < -0.4 is 15.5 Å². The van der Waals surface area contributed by atoms with E-state index in [2.05, 4.69) is 30.5 Å².